The minimum absolute atomic E-state index is 0.0694. The molecule has 1 aliphatic rings. The monoisotopic (exact) mass is 483 g/mol. The lowest BCUT2D eigenvalue weighted by atomic mass is 10.2. The predicted molar refractivity (Wildman–Crippen MR) is 124 cm³/mol. The number of carbonyl (C=O) groups excluding carboxylic acids is 1. The molecule has 0 atom stereocenters. The van der Waals surface area contributed by atoms with Crippen molar-refractivity contribution in [3.8, 4) is 0 Å². The molecule has 0 spiro atoms. The van der Waals surface area contributed by atoms with Crippen molar-refractivity contribution in [3.05, 3.63) is 48.9 Å². The molecule has 0 saturated carbocycles. The Labute approximate surface area is 191 Å². The molecule has 3 heterocycles. The molecule has 0 fully saturated rings. The number of rotatable bonds is 8. The first-order chi connectivity index (χ1) is 14.5. The van der Waals surface area contributed by atoms with Crippen molar-refractivity contribution in [3.63, 3.8) is 0 Å². The van der Waals surface area contributed by atoms with Gasteiger partial charge in [-0.05, 0) is 30.9 Å². The van der Waals surface area contributed by atoms with Gasteiger partial charge in [-0.2, -0.15) is 0 Å². The standard InChI is InChI=1S/C19H19Cl2N5O2S2/c20-10-6-12(21)17(24-7-10)23-5-4-22-15(27)9-29-8-14-25-18(28)16-11-2-1-3-13(11)30-19(16)26-14/h6-7H,1-5,8-9H2,(H,22,27)(H,23,24)(H,25,26,28). The molecule has 3 aromatic heterocycles. The fourth-order valence-corrected chi connectivity index (χ4v) is 5.78. The van der Waals surface area contributed by atoms with E-state index in [4.69, 9.17) is 23.2 Å². The molecule has 158 valence electrons. The number of carbonyl (C=O) groups is 1. The van der Waals surface area contributed by atoms with Gasteiger partial charge in [-0.1, -0.05) is 23.2 Å². The molecule has 3 N–H and O–H groups in total. The molecule has 11 heteroatoms. The van der Waals surface area contributed by atoms with Gasteiger partial charge in [0.15, 0.2) is 0 Å². The number of hydrogen-bond acceptors (Lipinski definition) is 7. The van der Waals surface area contributed by atoms with E-state index in [1.165, 1.54) is 28.4 Å². The minimum Gasteiger partial charge on any atom is -0.367 e. The van der Waals surface area contributed by atoms with Crippen LogP contribution in [0.15, 0.2) is 17.1 Å². The van der Waals surface area contributed by atoms with Gasteiger partial charge in [0.2, 0.25) is 5.91 Å². The highest BCUT2D eigenvalue weighted by Gasteiger charge is 2.21. The van der Waals surface area contributed by atoms with Crippen LogP contribution in [0.25, 0.3) is 10.2 Å². The maximum Gasteiger partial charge on any atom is 0.259 e. The van der Waals surface area contributed by atoms with Crippen molar-refractivity contribution in [2.45, 2.75) is 25.0 Å². The molecule has 0 aromatic carbocycles. The number of amides is 1. The van der Waals surface area contributed by atoms with E-state index in [0.29, 0.717) is 40.5 Å². The average Bonchev–Trinajstić information content (AvgIpc) is 3.27. The van der Waals surface area contributed by atoms with Crippen molar-refractivity contribution >= 4 is 68.2 Å². The van der Waals surface area contributed by atoms with Gasteiger partial charge in [-0.15, -0.1) is 23.1 Å². The fraction of sp³-hybridized carbons (Fsp3) is 0.368. The summed E-state index contributed by atoms with van der Waals surface area (Å²) in [6.45, 7) is 0.918. The first kappa shape index (κ1) is 21.4. The summed E-state index contributed by atoms with van der Waals surface area (Å²) >= 11 is 14.9. The second-order valence-corrected chi connectivity index (χ2v) is 9.72. The van der Waals surface area contributed by atoms with Crippen LogP contribution in [-0.4, -0.2) is 39.7 Å². The quantitative estimate of drug-likeness (QED) is 0.423. The molecule has 1 amide bonds. The number of aromatic amines is 1. The van der Waals surface area contributed by atoms with Crippen LogP contribution in [0, 0.1) is 0 Å². The lowest BCUT2D eigenvalue weighted by Gasteiger charge is -2.08. The van der Waals surface area contributed by atoms with Crippen molar-refractivity contribution < 1.29 is 4.79 Å². The maximum absolute atomic E-state index is 12.4. The third-order valence-electron chi connectivity index (χ3n) is 4.64. The van der Waals surface area contributed by atoms with Gasteiger partial charge in [0.1, 0.15) is 16.5 Å². The number of aryl methyl sites for hydroxylation is 2. The van der Waals surface area contributed by atoms with E-state index in [-0.39, 0.29) is 17.2 Å². The first-order valence-corrected chi connectivity index (χ1v) is 12.2. The summed E-state index contributed by atoms with van der Waals surface area (Å²) in [6, 6.07) is 1.60. The molecule has 7 nitrogen and oxygen atoms in total. The Balaban J connectivity index is 1.21. The number of halogens is 2. The van der Waals surface area contributed by atoms with E-state index in [0.717, 1.165) is 29.5 Å². The smallest absolute Gasteiger partial charge is 0.259 e. The van der Waals surface area contributed by atoms with Gasteiger partial charge in [0.05, 0.1) is 26.9 Å². The molecular weight excluding hydrogens is 465 g/mol. The third-order valence-corrected chi connectivity index (χ3v) is 7.27. The molecule has 0 radical (unpaired) electrons. The van der Waals surface area contributed by atoms with Gasteiger partial charge >= 0.3 is 0 Å². The van der Waals surface area contributed by atoms with Gasteiger partial charge in [0.25, 0.3) is 5.56 Å². The summed E-state index contributed by atoms with van der Waals surface area (Å²) in [5.41, 5.74) is 1.10. The summed E-state index contributed by atoms with van der Waals surface area (Å²) in [4.78, 5) is 38.1. The van der Waals surface area contributed by atoms with Gasteiger partial charge < -0.3 is 15.6 Å². The van der Waals surface area contributed by atoms with E-state index in [9.17, 15) is 9.59 Å². The maximum atomic E-state index is 12.4. The van der Waals surface area contributed by atoms with Crippen LogP contribution < -0.4 is 16.2 Å². The number of thioether (sulfide) groups is 1. The van der Waals surface area contributed by atoms with E-state index < -0.39 is 0 Å². The number of nitrogens with one attached hydrogen (secondary N) is 3. The normalized spacial score (nSPS) is 12.9. The Bertz CT molecular complexity index is 1150. The number of H-pyrrole nitrogens is 1. The van der Waals surface area contributed by atoms with E-state index in [2.05, 4.69) is 25.6 Å². The van der Waals surface area contributed by atoms with E-state index >= 15 is 0 Å². The van der Waals surface area contributed by atoms with Crippen molar-refractivity contribution in [2.75, 3.05) is 24.2 Å². The lowest BCUT2D eigenvalue weighted by Crippen LogP contribution is -2.30. The Morgan fingerprint density at radius 2 is 2.17 bits per heavy atom. The second-order valence-electron chi connectivity index (χ2n) is 6.80. The number of thiophene rings is 1. The third kappa shape index (κ3) is 4.91. The van der Waals surface area contributed by atoms with Gasteiger partial charge in [0, 0.05) is 24.2 Å². The number of pyridine rings is 1. The Kier molecular flexibility index (Phi) is 6.82. The molecule has 3 aromatic rings. The second kappa shape index (κ2) is 9.55. The van der Waals surface area contributed by atoms with Crippen LogP contribution in [0.4, 0.5) is 5.82 Å². The molecule has 0 unspecified atom stereocenters. The highest BCUT2D eigenvalue weighted by molar-refractivity contribution is 7.99. The summed E-state index contributed by atoms with van der Waals surface area (Å²) in [6.07, 6.45) is 4.62. The summed E-state index contributed by atoms with van der Waals surface area (Å²) in [5, 5.41) is 7.52. The fourth-order valence-electron chi connectivity index (χ4n) is 3.33. The SMILES string of the molecule is O=C(CSCc1nc2sc3c(c2c(=O)[nH]1)CCC3)NCCNc1ncc(Cl)cc1Cl. The first-order valence-electron chi connectivity index (χ1n) is 9.44. The molecule has 0 aliphatic heterocycles. The largest absolute Gasteiger partial charge is 0.367 e. The molecule has 30 heavy (non-hydrogen) atoms. The number of fused-ring (bicyclic) bond motifs is 3. The zero-order valence-electron chi connectivity index (χ0n) is 15.9. The van der Waals surface area contributed by atoms with Crippen LogP contribution in [-0.2, 0) is 23.4 Å². The highest BCUT2D eigenvalue weighted by atomic mass is 35.5. The number of anilines is 1. The topological polar surface area (TPSA) is 99.8 Å². The van der Waals surface area contributed by atoms with Crippen LogP contribution in [0.2, 0.25) is 10.0 Å². The van der Waals surface area contributed by atoms with Crippen molar-refractivity contribution in [1.29, 1.82) is 0 Å². The Morgan fingerprint density at radius 3 is 3.00 bits per heavy atom. The van der Waals surface area contributed by atoms with Crippen LogP contribution in [0.5, 0.6) is 0 Å². The number of nitrogens with zero attached hydrogens (tertiary/aromatic N) is 2. The van der Waals surface area contributed by atoms with E-state index in [1.807, 2.05) is 0 Å². The molecule has 0 bridgehead atoms. The summed E-state index contributed by atoms with van der Waals surface area (Å²) in [7, 11) is 0. The average molecular weight is 484 g/mol. The van der Waals surface area contributed by atoms with E-state index in [1.54, 1.807) is 17.4 Å². The van der Waals surface area contributed by atoms with Crippen LogP contribution >= 0.6 is 46.3 Å². The van der Waals surface area contributed by atoms with Crippen LogP contribution in [0.3, 0.4) is 0 Å². The zero-order chi connectivity index (χ0) is 21.1. The minimum atomic E-state index is -0.0875. The Hall–Kier alpha value is -1.81. The molecule has 0 saturated heterocycles. The lowest BCUT2D eigenvalue weighted by molar-refractivity contribution is -0.118. The predicted octanol–water partition coefficient (Wildman–Crippen LogP) is 3.64. The van der Waals surface area contributed by atoms with Crippen molar-refractivity contribution in [2.24, 2.45) is 0 Å². The van der Waals surface area contributed by atoms with Gasteiger partial charge in [-0.3, -0.25) is 9.59 Å². The molecule has 4 rings (SSSR count). The van der Waals surface area contributed by atoms with Gasteiger partial charge in [-0.25, -0.2) is 9.97 Å². The Morgan fingerprint density at radius 1 is 1.30 bits per heavy atom. The van der Waals surface area contributed by atoms with Crippen molar-refractivity contribution in [1.82, 2.24) is 20.3 Å². The summed E-state index contributed by atoms with van der Waals surface area (Å²) in [5.74, 6) is 1.80. The number of aromatic nitrogens is 3. The molecule has 1 aliphatic carbocycles. The molecular formula is C19H19Cl2N5O2S2. The zero-order valence-corrected chi connectivity index (χ0v) is 19.0. The summed E-state index contributed by atoms with van der Waals surface area (Å²) < 4.78 is 0. The highest BCUT2D eigenvalue weighted by Crippen LogP contribution is 2.34. The number of hydrogen-bond donors (Lipinski definition) is 3. The van der Waals surface area contributed by atoms with Crippen LogP contribution in [0.1, 0.15) is 22.7 Å².